The van der Waals surface area contributed by atoms with E-state index in [-0.39, 0.29) is 0 Å². The third-order valence-corrected chi connectivity index (χ3v) is 10.6. The molecule has 0 saturated carbocycles. The lowest BCUT2D eigenvalue weighted by Gasteiger charge is -2.27. The summed E-state index contributed by atoms with van der Waals surface area (Å²) in [4.78, 5) is 7.14. The predicted molar refractivity (Wildman–Crippen MR) is 221 cm³/mol. The molecule has 3 heterocycles. The number of furan rings is 1. The molecule has 0 bridgehead atoms. The lowest BCUT2D eigenvalue weighted by atomic mass is 10.0. The molecule has 0 aliphatic carbocycles. The zero-order valence-electron chi connectivity index (χ0n) is 28.6. The van der Waals surface area contributed by atoms with Crippen molar-refractivity contribution in [2.75, 3.05) is 4.90 Å². The minimum atomic E-state index is 0.805. The lowest BCUT2D eigenvalue weighted by Crippen LogP contribution is -2.10. The fourth-order valence-electron chi connectivity index (χ4n) is 8.18. The first-order valence-corrected chi connectivity index (χ1v) is 18.0. The van der Waals surface area contributed by atoms with Gasteiger partial charge in [-0.1, -0.05) is 115 Å². The molecule has 53 heavy (non-hydrogen) atoms. The van der Waals surface area contributed by atoms with E-state index in [0.29, 0.717) is 0 Å². The maximum atomic E-state index is 6.35. The molecule has 0 amide bonds. The molecule has 0 spiro atoms. The van der Waals surface area contributed by atoms with Crippen LogP contribution >= 0.6 is 0 Å². The Labute approximate surface area is 305 Å². The van der Waals surface area contributed by atoms with Crippen LogP contribution < -0.4 is 4.90 Å². The number of nitrogens with zero attached hydrogens (tertiary/aromatic N) is 3. The smallest absolute Gasteiger partial charge is 0.161 e. The number of anilines is 3. The van der Waals surface area contributed by atoms with Gasteiger partial charge in [-0.2, -0.15) is 0 Å². The average Bonchev–Trinajstić information content (AvgIpc) is 3.78. The van der Waals surface area contributed by atoms with E-state index in [4.69, 9.17) is 9.40 Å². The highest BCUT2D eigenvalue weighted by Crippen LogP contribution is 2.41. The highest BCUT2D eigenvalue weighted by atomic mass is 16.3. The van der Waals surface area contributed by atoms with E-state index >= 15 is 0 Å². The summed E-state index contributed by atoms with van der Waals surface area (Å²) in [6, 6.07) is 64.9. The van der Waals surface area contributed by atoms with E-state index in [1.54, 1.807) is 0 Å². The second-order valence-electron chi connectivity index (χ2n) is 13.6. The Morgan fingerprint density at radius 1 is 0.453 bits per heavy atom. The minimum Gasteiger partial charge on any atom is -0.454 e. The highest BCUT2D eigenvalue weighted by Gasteiger charge is 2.19. The molecule has 0 fully saturated rings. The summed E-state index contributed by atoms with van der Waals surface area (Å²) in [7, 11) is 0. The average molecular weight is 678 g/mol. The van der Waals surface area contributed by atoms with Crippen LogP contribution in [0.2, 0.25) is 0 Å². The number of para-hydroxylation sites is 2. The van der Waals surface area contributed by atoms with E-state index in [9.17, 15) is 0 Å². The zero-order chi connectivity index (χ0) is 34.9. The van der Waals surface area contributed by atoms with Crippen molar-refractivity contribution in [3.63, 3.8) is 0 Å². The molecule has 0 atom stereocenters. The van der Waals surface area contributed by atoms with Crippen molar-refractivity contribution in [1.29, 1.82) is 0 Å². The van der Waals surface area contributed by atoms with Gasteiger partial charge in [0.25, 0.3) is 0 Å². The molecule has 0 aliphatic heterocycles. The van der Waals surface area contributed by atoms with Crippen LogP contribution in [0.1, 0.15) is 0 Å². The molecule has 0 N–H and O–H groups in total. The summed E-state index contributed by atoms with van der Waals surface area (Å²) in [5.74, 6) is 0. The molecule has 4 nitrogen and oxygen atoms in total. The van der Waals surface area contributed by atoms with Crippen LogP contribution in [0.25, 0.3) is 82.2 Å². The van der Waals surface area contributed by atoms with Gasteiger partial charge in [0.05, 0.1) is 11.0 Å². The number of rotatable bonds is 5. The maximum Gasteiger partial charge on any atom is 0.161 e. The summed E-state index contributed by atoms with van der Waals surface area (Å²) in [5.41, 5.74) is 10.2. The second kappa shape index (κ2) is 11.7. The quantitative estimate of drug-likeness (QED) is 0.182. The largest absolute Gasteiger partial charge is 0.454 e. The Bertz CT molecular complexity index is 3190. The van der Waals surface area contributed by atoms with Crippen LogP contribution in [0.15, 0.2) is 193 Å². The lowest BCUT2D eigenvalue weighted by molar-refractivity contribution is 0.668. The van der Waals surface area contributed by atoms with Crippen molar-refractivity contribution in [2.45, 2.75) is 0 Å². The molecule has 0 saturated heterocycles. The van der Waals surface area contributed by atoms with Gasteiger partial charge in [0.15, 0.2) is 5.58 Å². The first kappa shape index (κ1) is 29.5. The Morgan fingerprint density at radius 3 is 2.04 bits per heavy atom. The van der Waals surface area contributed by atoms with Crippen molar-refractivity contribution in [3.05, 3.63) is 188 Å². The van der Waals surface area contributed by atoms with E-state index < -0.39 is 0 Å². The molecule has 11 rings (SSSR count). The number of hydrogen-bond donors (Lipinski definition) is 0. The fourth-order valence-corrected chi connectivity index (χ4v) is 8.18. The summed E-state index contributed by atoms with van der Waals surface area (Å²) >= 11 is 0. The predicted octanol–water partition coefficient (Wildman–Crippen LogP) is 13.5. The molecular weight excluding hydrogens is 647 g/mol. The molecule has 8 aromatic carbocycles. The first-order valence-electron chi connectivity index (χ1n) is 18.0. The standard InChI is InChI=1S/C49H31N3O/c1-2-12-35-30-39(26-20-32(35)10-1)51(36-24-21-34(22-25-36)48-49-42(28-29-50-48)41-16-6-8-19-46(41)53-49)37-13-9-14-38(31-37)52-44-18-7-5-17-43(44)47-40-15-4-3-11-33(40)23-27-45(47)52/h1-31H. The van der Waals surface area contributed by atoms with Crippen molar-refractivity contribution < 1.29 is 4.42 Å². The van der Waals surface area contributed by atoms with Crippen molar-refractivity contribution in [1.82, 2.24) is 9.55 Å². The van der Waals surface area contributed by atoms with Gasteiger partial charge < -0.3 is 13.9 Å². The van der Waals surface area contributed by atoms with Gasteiger partial charge in [0, 0.05) is 56.1 Å². The minimum absolute atomic E-state index is 0.805. The number of hydrogen-bond acceptors (Lipinski definition) is 3. The van der Waals surface area contributed by atoms with Crippen LogP contribution in [0, 0.1) is 0 Å². The van der Waals surface area contributed by atoms with Gasteiger partial charge in [-0.15, -0.1) is 0 Å². The summed E-state index contributed by atoms with van der Waals surface area (Å²) in [6.07, 6.45) is 1.87. The number of pyridine rings is 1. The van der Waals surface area contributed by atoms with Gasteiger partial charge in [-0.05, 0) is 88.3 Å². The summed E-state index contributed by atoms with van der Waals surface area (Å²) in [6.45, 7) is 0. The normalized spacial score (nSPS) is 11.8. The van der Waals surface area contributed by atoms with E-state index in [0.717, 1.165) is 55.9 Å². The Hall–Kier alpha value is -7.17. The topological polar surface area (TPSA) is 34.2 Å². The molecule has 0 unspecified atom stereocenters. The Morgan fingerprint density at radius 2 is 1.15 bits per heavy atom. The molecule has 4 heteroatoms. The van der Waals surface area contributed by atoms with E-state index in [1.807, 2.05) is 30.5 Å². The van der Waals surface area contributed by atoms with Crippen LogP contribution in [-0.2, 0) is 0 Å². The van der Waals surface area contributed by atoms with Gasteiger partial charge in [0.1, 0.15) is 11.3 Å². The molecule has 3 aromatic heterocycles. The number of benzene rings is 8. The zero-order valence-corrected chi connectivity index (χ0v) is 28.6. The van der Waals surface area contributed by atoms with Crippen molar-refractivity contribution in [3.8, 4) is 16.9 Å². The Balaban J connectivity index is 1.09. The molecule has 0 aliphatic rings. The van der Waals surface area contributed by atoms with E-state index in [1.165, 1.54) is 43.4 Å². The number of aromatic nitrogens is 2. The summed E-state index contributed by atoms with van der Waals surface area (Å²) in [5, 5.41) is 9.61. The van der Waals surface area contributed by atoms with E-state index in [2.05, 4.69) is 167 Å². The van der Waals surface area contributed by atoms with Gasteiger partial charge in [-0.25, -0.2) is 0 Å². The van der Waals surface area contributed by atoms with Gasteiger partial charge in [-0.3, -0.25) is 4.98 Å². The Kier molecular flexibility index (Phi) is 6.52. The monoisotopic (exact) mass is 677 g/mol. The number of fused-ring (bicyclic) bond motifs is 9. The SMILES string of the molecule is c1cc(N(c2ccc(-c3nccc4c3oc3ccccc34)cc2)c2ccc3ccccc3c2)cc(-n2c3ccccc3c3c4ccccc4ccc32)c1. The van der Waals surface area contributed by atoms with Crippen LogP contribution in [0.4, 0.5) is 17.1 Å². The van der Waals surface area contributed by atoms with Crippen LogP contribution in [0.5, 0.6) is 0 Å². The second-order valence-corrected chi connectivity index (χ2v) is 13.6. The molecule has 11 aromatic rings. The molecule has 0 radical (unpaired) electrons. The third-order valence-electron chi connectivity index (χ3n) is 10.6. The van der Waals surface area contributed by atoms with Crippen LogP contribution in [-0.4, -0.2) is 9.55 Å². The van der Waals surface area contributed by atoms with Gasteiger partial charge in [0.2, 0.25) is 0 Å². The summed E-state index contributed by atoms with van der Waals surface area (Å²) < 4.78 is 8.76. The fraction of sp³-hybridized carbons (Fsp3) is 0. The third kappa shape index (κ3) is 4.66. The van der Waals surface area contributed by atoms with Crippen molar-refractivity contribution >= 4 is 82.4 Å². The highest BCUT2D eigenvalue weighted by molar-refractivity contribution is 6.21. The van der Waals surface area contributed by atoms with Gasteiger partial charge >= 0.3 is 0 Å². The van der Waals surface area contributed by atoms with Crippen molar-refractivity contribution in [2.24, 2.45) is 0 Å². The molecule has 248 valence electrons. The van der Waals surface area contributed by atoms with Crippen LogP contribution in [0.3, 0.4) is 0 Å². The maximum absolute atomic E-state index is 6.35. The molecular formula is C49H31N3O. The first-order chi connectivity index (χ1) is 26.3.